The Hall–Kier alpha value is -2.72. The summed E-state index contributed by atoms with van der Waals surface area (Å²) in [6.45, 7) is 1.31. The molecule has 0 unspecified atom stereocenters. The van der Waals surface area contributed by atoms with Crippen LogP contribution in [-0.2, 0) is 14.3 Å². The first-order valence-corrected chi connectivity index (χ1v) is 7.82. The summed E-state index contributed by atoms with van der Waals surface area (Å²) in [6.07, 6.45) is 2.11. The minimum absolute atomic E-state index is 0.102. The molecule has 0 aliphatic carbocycles. The molecule has 0 spiro atoms. The molecule has 1 N–H and O–H groups in total. The van der Waals surface area contributed by atoms with Crippen LogP contribution in [0.15, 0.2) is 24.3 Å². The molecule has 1 aromatic heterocycles. The first-order valence-electron chi connectivity index (χ1n) is 7.82. The van der Waals surface area contributed by atoms with E-state index in [0.717, 1.165) is 19.4 Å². The van der Waals surface area contributed by atoms with Gasteiger partial charge in [0.1, 0.15) is 5.69 Å². The number of methoxy groups -OCH3 is 1. The minimum Gasteiger partial charge on any atom is -0.468 e. The maximum atomic E-state index is 11.9. The van der Waals surface area contributed by atoms with Crippen LogP contribution in [0.1, 0.15) is 24.5 Å². The van der Waals surface area contributed by atoms with Crippen LogP contribution in [0.25, 0.3) is 11.0 Å². The van der Waals surface area contributed by atoms with Gasteiger partial charge in [0.15, 0.2) is 11.7 Å². The third-order valence-electron chi connectivity index (χ3n) is 3.96. The van der Waals surface area contributed by atoms with Gasteiger partial charge in [0.05, 0.1) is 30.3 Å². The number of nitriles is 1. The summed E-state index contributed by atoms with van der Waals surface area (Å²) >= 11 is 0. The molecule has 2 atom stereocenters. The monoisotopic (exact) mass is 326 g/mol. The highest BCUT2D eigenvalue weighted by Crippen LogP contribution is 2.25. The van der Waals surface area contributed by atoms with Gasteiger partial charge in [0.2, 0.25) is 0 Å². The SMILES string of the molecule is COC(=O)[C@H](C#N)c1nc2ccccc2nc1NC[C@H]1CCCO1. The second kappa shape index (κ2) is 7.23. The van der Waals surface area contributed by atoms with Gasteiger partial charge in [-0.25, -0.2) is 9.97 Å². The topological polar surface area (TPSA) is 97.1 Å². The molecular weight excluding hydrogens is 308 g/mol. The van der Waals surface area contributed by atoms with Crippen molar-refractivity contribution in [2.24, 2.45) is 0 Å². The third-order valence-corrected chi connectivity index (χ3v) is 3.96. The van der Waals surface area contributed by atoms with Crippen LogP contribution in [0.3, 0.4) is 0 Å². The van der Waals surface area contributed by atoms with Gasteiger partial charge < -0.3 is 14.8 Å². The van der Waals surface area contributed by atoms with Gasteiger partial charge in [-0.2, -0.15) is 5.26 Å². The largest absolute Gasteiger partial charge is 0.468 e. The highest BCUT2D eigenvalue weighted by Gasteiger charge is 2.27. The quantitative estimate of drug-likeness (QED) is 0.839. The number of esters is 1. The Kier molecular flexibility index (Phi) is 4.87. The Labute approximate surface area is 139 Å². The Morgan fingerprint density at radius 3 is 2.83 bits per heavy atom. The van der Waals surface area contributed by atoms with E-state index in [1.54, 1.807) is 6.07 Å². The van der Waals surface area contributed by atoms with Gasteiger partial charge in [-0.3, -0.25) is 4.79 Å². The van der Waals surface area contributed by atoms with E-state index in [4.69, 9.17) is 9.47 Å². The van der Waals surface area contributed by atoms with Crippen LogP contribution in [0.5, 0.6) is 0 Å². The zero-order chi connectivity index (χ0) is 16.9. The molecule has 1 aromatic carbocycles. The fourth-order valence-electron chi connectivity index (χ4n) is 2.70. The normalized spacial score (nSPS) is 18.1. The summed E-state index contributed by atoms with van der Waals surface area (Å²) in [7, 11) is 1.25. The summed E-state index contributed by atoms with van der Waals surface area (Å²) in [5.74, 6) is -1.36. The molecule has 124 valence electrons. The van der Waals surface area contributed by atoms with Gasteiger partial charge >= 0.3 is 5.97 Å². The van der Waals surface area contributed by atoms with E-state index >= 15 is 0 Å². The molecule has 7 heteroatoms. The third kappa shape index (κ3) is 3.29. The number of nitrogens with one attached hydrogen (secondary N) is 1. The van der Waals surface area contributed by atoms with Gasteiger partial charge in [0, 0.05) is 13.2 Å². The standard InChI is InChI=1S/C17H18N4O3/c1-23-17(22)12(9-18)15-16(19-10-11-5-4-8-24-11)21-14-7-3-2-6-13(14)20-15/h2-3,6-7,11-12H,4-5,8,10H2,1H3,(H,19,21)/t11-,12-/m1/s1. The molecule has 3 rings (SSSR count). The molecule has 7 nitrogen and oxygen atoms in total. The maximum absolute atomic E-state index is 11.9. The second-order valence-electron chi connectivity index (χ2n) is 5.55. The lowest BCUT2D eigenvalue weighted by atomic mass is 10.1. The van der Waals surface area contributed by atoms with E-state index in [1.807, 2.05) is 24.3 Å². The number of carbonyl (C=O) groups is 1. The number of carbonyl (C=O) groups excluding carboxylic acids is 1. The van der Waals surface area contributed by atoms with Crippen molar-refractivity contribution in [2.75, 3.05) is 25.6 Å². The number of aromatic nitrogens is 2. The molecule has 1 saturated heterocycles. The molecule has 1 aliphatic rings. The molecule has 0 bridgehead atoms. The van der Waals surface area contributed by atoms with Gasteiger partial charge in [0.25, 0.3) is 0 Å². The summed E-state index contributed by atoms with van der Waals surface area (Å²) in [6, 6.07) is 9.28. The highest BCUT2D eigenvalue weighted by atomic mass is 16.5. The lowest BCUT2D eigenvalue weighted by Crippen LogP contribution is -2.22. The highest BCUT2D eigenvalue weighted by molar-refractivity contribution is 5.84. The van der Waals surface area contributed by atoms with Crippen molar-refractivity contribution in [3.8, 4) is 6.07 Å². The van der Waals surface area contributed by atoms with Gasteiger partial charge in [-0.1, -0.05) is 12.1 Å². The lowest BCUT2D eigenvalue weighted by molar-refractivity contribution is -0.141. The predicted molar refractivity (Wildman–Crippen MR) is 87.4 cm³/mol. The molecule has 24 heavy (non-hydrogen) atoms. The summed E-state index contributed by atoms with van der Waals surface area (Å²) in [5.41, 5.74) is 1.60. The van der Waals surface area contributed by atoms with E-state index in [1.165, 1.54) is 7.11 Å². The number of fused-ring (bicyclic) bond motifs is 1. The van der Waals surface area contributed by atoms with E-state index in [0.29, 0.717) is 23.4 Å². The number of nitrogens with zero attached hydrogens (tertiary/aromatic N) is 3. The van der Waals surface area contributed by atoms with Crippen LogP contribution < -0.4 is 5.32 Å². The fourth-order valence-corrected chi connectivity index (χ4v) is 2.70. The Morgan fingerprint density at radius 1 is 1.46 bits per heavy atom. The number of hydrogen-bond donors (Lipinski definition) is 1. The Balaban J connectivity index is 1.98. The van der Waals surface area contributed by atoms with Crippen molar-refractivity contribution in [3.63, 3.8) is 0 Å². The first-order chi connectivity index (χ1) is 11.7. The predicted octanol–water partition coefficient (Wildman–Crippen LogP) is 2.00. The summed E-state index contributed by atoms with van der Waals surface area (Å²) < 4.78 is 10.3. The van der Waals surface area contributed by atoms with E-state index < -0.39 is 11.9 Å². The summed E-state index contributed by atoms with van der Waals surface area (Å²) in [4.78, 5) is 20.9. The number of rotatable bonds is 5. The van der Waals surface area contributed by atoms with Crippen LogP contribution in [-0.4, -0.2) is 42.3 Å². The Bertz CT molecular complexity index is 781. The molecular formula is C17H18N4O3. The minimum atomic E-state index is -1.13. The number of benzene rings is 1. The van der Waals surface area contributed by atoms with Crippen molar-refractivity contribution in [2.45, 2.75) is 24.9 Å². The molecule has 0 amide bonds. The van der Waals surface area contributed by atoms with E-state index in [9.17, 15) is 10.1 Å². The van der Waals surface area contributed by atoms with Gasteiger partial charge in [-0.15, -0.1) is 0 Å². The number of anilines is 1. The average Bonchev–Trinajstić information content (AvgIpc) is 3.13. The summed E-state index contributed by atoms with van der Waals surface area (Å²) in [5, 5.41) is 12.6. The number of ether oxygens (including phenoxy) is 2. The Morgan fingerprint density at radius 2 is 2.21 bits per heavy atom. The van der Waals surface area contributed by atoms with Crippen molar-refractivity contribution >= 4 is 22.8 Å². The molecule has 0 saturated carbocycles. The van der Waals surface area contributed by atoms with Crippen LogP contribution in [0.2, 0.25) is 0 Å². The average molecular weight is 326 g/mol. The van der Waals surface area contributed by atoms with Crippen LogP contribution >= 0.6 is 0 Å². The zero-order valence-electron chi connectivity index (χ0n) is 13.4. The maximum Gasteiger partial charge on any atom is 0.329 e. The van der Waals surface area contributed by atoms with Crippen molar-refractivity contribution in [1.82, 2.24) is 9.97 Å². The lowest BCUT2D eigenvalue weighted by Gasteiger charge is -2.16. The molecule has 1 aliphatic heterocycles. The van der Waals surface area contributed by atoms with Crippen LogP contribution in [0, 0.1) is 11.3 Å². The first kappa shape index (κ1) is 16.1. The second-order valence-corrected chi connectivity index (χ2v) is 5.55. The van der Waals surface area contributed by atoms with Crippen molar-refractivity contribution in [1.29, 1.82) is 5.26 Å². The van der Waals surface area contributed by atoms with E-state index in [-0.39, 0.29) is 11.8 Å². The van der Waals surface area contributed by atoms with E-state index in [2.05, 4.69) is 15.3 Å². The molecule has 0 radical (unpaired) electrons. The van der Waals surface area contributed by atoms with Crippen molar-refractivity contribution < 1.29 is 14.3 Å². The molecule has 1 fully saturated rings. The fraction of sp³-hybridized carbons (Fsp3) is 0.412. The number of para-hydroxylation sites is 2. The number of hydrogen-bond acceptors (Lipinski definition) is 7. The van der Waals surface area contributed by atoms with Crippen LogP contribution in [0.4, 0.5) is 5.82 Å². The van der Waals surface area contributed by atoms with Crippen molar-refractivity contribution in [3.05, 3.63) is 30.0 Å². The molecule has 2 heterocycles. The smallest absolute Gasteiger partial charge is 0.329 e. The van der Waals surface area contributed by atoms with Gasteiger partial charge in [-0.05, 0) is 25.0 Å². The molecule has 2 aromatic rings. The zero-order valence-corrected chi connectivity index (χ0v) is 13.4.